The van der Waals surface area contributed by atoms with Gasteiger partial charge in [-0.1, -0.05) is 30.7 Å². The molecule has 0 spiro atoms. The highest BCUT2D eigenvalue weighted by Crippen LogP contribution is 2.50. The van der Waals surface area contributed by atoms with Crippen molar-refractivity contribution in [3.63, 3.8) is 0 Å². The second kappa shape index (κ2) is 11.1. The molecule has 2 rings (SSSR count). The molecule has 0 bridgehead atoms. The van der Waals surface area contributed by atoms with Crippen molar-refractivity contribution >= 4 is 0 Å². The van der Waals surface area contributed by atoms with Crippen molar-refractivity contribution < 1.29 is 10.2 Å². The lowest BCUT2D eigenvalue weighted by molar-refractivity contribution is 0.137. The topological polar surface area (TPSA) is 43.7 Å². The van der Waals surface area contributed by atoms with Gasteiger partial charge in [-0.2, -0.15) is 0 Å². The molecular formula is C24H39NO2. The molecule has 27 heavy (non-hydrogen) atoms. The normalized spacial score (nSPS) is 31.3. The summed E-state index contributed by atoms with van der Waals surface area (Å²) in [5.41, 5.74) is 1.59. The standard InChI is InChI=1S/C24H39NO2/c1-5-6-10-18(2)23(26)13-12-21-22-16-19(15-20(22)17-24(21)27)11-8-7-9-14-25(3)4/h11-13,18,20-24,26-27H,7-10,14-17H2,1-4H3/b13-12+,19-11-. The van der Waals surface area contributed by atoms with Crippen LogP contribution in [0.25, 0.3) is 0 Å². The highest BCUT2D eigenvalue weighted by atomic mass is 16.3. The second-order valence-electron chi connectivity index (χ2n) is 8.86. The molecule has 2 aliphatic carbocycles. The lowest BCUT2D eigenvalue weighted by Crippen LogP contribution is -2.19. The Bertz CT molecular complexity index is 569. The molecule has 0 aliphatic heterocycles. The van der Waals surface area contributed by atoms with Crippen LogP contribution < -0.4 is 0 Å². The summed E-state index contributed by atoms with van der Waals surface area (Å²) in [6, 6.07) is 0. The van der Waals surface area contributed by atoms with E-state index in [-0.39, 0.29) is 17.9 Å². The average Bonchev–Trinajstić information content (AvgIpc) is 3.13. The van der Waals surface area contributed by atoms with E-state index in [2.05, 4.69) is 43.0 Å². The maximum Gasteiger partial charge on any atom is 0.0755 e. The fraction of sp³-hybridized carbons (Fsp3) is 0.750. The number of nitrogens with zero attached hydrogens (tertiary/aromatic N) is 1. The Morgan fingerprint density at radius 1 is 1.26 bits per heavy atom. The van der Waals surface area contributed by atoms with Crippen LogP contribution in [0.5, 0.6) is 0 Å². The van der Waals surface area contributed by atoms with Gasteiger partial charge >= 0.3 is 0 Å². The number of rotatable bonds is 9. The lowest BCUT2D eigenvalue weighted by Gasteiger charge is -2.19. The van der Waals surface area contributed by atoms with E-state index < -0.39 is 6.10 Å². The van der Waals surface area contributed by atoms with Gasteiger partial charge in [-0.3, -0.25) is 0 Å². The number of unbranched alkanes of at least 4 members (excludes halogenated alkanes) is 2. The van der Waals surface area contributed by atoms with Gasteiger partial charge in [0.25, 0.3) is 0 Å². The van der Waals surface area contributed by atoms with Gasteiger partial charge in [-0.25, -0.2) is 0 Å². The van der Waals surface area contributed by atoms with Gasteiger partial charge in [0.05, 0.1) is 12.2 Å². The van der Waals surface area contributed by atoms with Crippen LogP contribution in [-0.4, -0.2) is 48.0 Å². The van der Waals surface area contributed by atoms with Crippen LogP contribution in [0, 0.1) is 35.5 Å². The Kier molecular flexibility index (Phi) is 9.09. The number of hydrogen-bond donors (Lipinski definition) is 2. The summed E-state index contributed by atoms with van der Waals surface area (Å²) in [4.78, 5) is 2.25. The minimum atomic E-state index is -0.481. The first-order chi connectivity index (χ1) is 12.9. The summed E-state index contributed by atoms with van der Waals surface area (Å²) < 4.78 is 0. The van der Waals surface area contributed by atoms with E-state index in [1.54, 1.807) is 5.57 Å². The predicted octanol–water partition coefficient (Wildman–Crippen LogP) is 4.02. The molecular weight excluding hydrogens is 334 g/mol. The Morgan fingerprint density at radius 3 is 2.74 bits per heavy atom. The number of hydrogen-bond acceptors (Lipinski definition) is 3. The first-order valence-electron chi connectivity index (χ1n) is 10.7. The first kappa shape index (κ1) is 22.2. The van der Waals surface area contributed by atoms with Gasteiger partial charge < -0.3 is 15.1 Å². The molecule has 3 nitrogen and oxygen atoms in total. The first-order valence-corrected chi connectivity index (χ1v) is 10.7. The van der Waals surface area contributed by atoms with Crippen molar-refractivity contribution in [2.24, 2.45) is 23.7 Å². The van der Waals surface area contributed by atoms with Crippen LogP contribution in [0.4, 0.5) is 0 Å². The van der Waals surface area contributed by atoms with Crippen molar-refractivity contribution in [2.75, 3.05) is 20.6 Å². The fourth-order valence-electron chi connectivity index (χ4n) is 4.63. The Balaban J connectivity index is 1.85. The molecule has 0 radical (unpaired) electrons. The number of fused-ring (bicyclic) bond motifs is 1. The highest BCUT2D eigenvalue weighted by Gasteiger charge is 2.44. The van der Waals surface area contributed by atoms with E-state index in [1.165, 1.54) is 19.3 Å². The maximum atomic E-state index is 10.5. The summed E-state index contributed by atoms with van der Waals surface area (Å²) in [5.74, 6) is 7.40. The molecule has 0 aromatic carbocycles. The maximum absolute atomic E-state index is 10.5. The molecule has 2 fully saturated rings. The molecule has 0 heterocycles. The summed E-state index contributed by atoms with van der Waals surface area (Å²) in [5, 5.41) is 20.8. The van der Waals surface area contributed by atoms with Gasteiger partial charge in [-0.05, 0) is 83.8 Å². The van der Waals surface area contributed by atoms with Crippen LogP contribution in [0.1, 0.15) is 58.8 Å². The zero-order valence-corrected chi connectivity index (χ0v) is 17.7. The fourth-order valence-corrected chi connectivity index (χ4v) is 4.63. The third-order valence-corrected chi connectivity index (χ3v) is 6.32. The SMILES string of the molecule is CC#CCC(C)C(O)/C=C/C1C(O)CC2C/C(=C/CCCCN(C)C)CC21. The minimum absolute atomic E-state index is 0.129. The van der Waals surface area contributed by atoms with E-state index in [0.29, 0.717) is 18.3 Å². The molecule has 2 N–H and O–H groups in total. The highest BCUT2D eigenvalue weighted by molar-refractivity contribution is 5.18. The van der Waals surface area contributed by atoms with Crippen molar-refractivity contribution in [1.29, 1.82) is 0 Å². The molecule has 0 amide bonds. The smallest absolute Gasteiger partial charge is 0.0755 e. The van der Waals surface area contributed by atoms with E-state index in [0.717, 1.165) is 25.8 Å². The van der Waals surface area contributed by atoms with Gasteiger partial charge in [0.2, 0.25) is 0 Å². The van der Waals surface area contributed by atoms with Gasteiger partial charge in [0, 0.05) is 12.3 Å². The van der Waals surface area contributed by atoms with Crippen LogP contribution >= 0.6 is 0 Å². The number of allylic oxidation sites excluding steroid dienone is 2. The summed E-state index contributed by atoms with van der Waals surface area (Å²) in [6.45, 7) is 5.02. The molecule has 0 aromatic rings. The Labute approximate surface area is 166 Å². The van der Waals surface area contributed by atoms with Crippen molar-refractivity contribution in [2.45, 2.75) is 71.0 Å². The van der Waals surface area contributed by atoms with Crippen LogP contribution in [0.2, 0.25) is 0 Å². The molecule has 2 saturated carbocycles. The number of aliphatic hydroxyl groups excluding tert-OH is 2. The third kappa shape index (κ3) is 6.79. The average molecular weight is 374 g/mol. The Morgan fingerprint density at radius 2 is 2.04 bits per heavy atom. The lowest BCUT2D eigenvalue weighted by atomic mass is 9.89. The van der Waals surface area contributed by atoms with E-state index >= 15 is 0 Å². The quantitative estimate of drug-likeness (QED) is 0.364. The second-order valence-corrected chi connectivity index (χ2v) is 8.86. The Hall–Kier alpha value is -1.08. The predicted molar refractivity (Wildman–Crippen MR) is 113 cm³/mol. The molecule has 3 heteroatoms. The number of aliphatic hydroxyl groups is 2. The zero-order valence-electron chi connectivity index (χ0n) is 17.7. The van der Waals surface area contributed by atoms with E-state index in [9.17, 15) is 10.2 Å². The third-order valence-electron chi connectivity index (χ3n) is 6.32. The van der Waals surface area contributed by atoms with Crippen molar-refractivity contribution in [3.8, 4) is 11.8 Å². The molecule has 2 aliphatic rings. The molecule has 152 valence electrons. The zero-order chi connectivity index (χ0) is 19.8. The minimum Gasteiger partial charge on any atom is -0.392 e. The summed E-state index contributed by atoms with van der Waals surface area (Å²) in [6.07, 6.45) is 13.3. The summed E-state index contributed by atoms with van der Waals surface area (Å²) in [7, 11) is 4.26. The monoisotopic (exact) mass is 373 g/mol. The van der Waals surface area contributed by atoms with Gasteiger partial charge in [-0.15, -0.1) is 11.8 Å². The van der Waals surface area contributed by atoms with E-state index in [1.807, 2.05) is 19.9 Å². The molecule has 0 aromatic heterocycles. The van der Waals surface area contributed by atoms with Crippen molar-refractivity contribution in [3.05, 3.63) is 23.8 Å². The molecule has 6 unspecified atom stereocenters. The van der Waals surface area contributed by atoms with E-state index in [4.69, 9.17) is 0 Å². The largest absolute Gasteiger partial charge is 0.392 e. The van der Waals surface area contributed by atoms with Crippen molar-refractivity contribution in [1.82, 2.24) is 4.90 Å². The van der Waals surface area contributed by atoms with Gasteiger partial charge in [0.1, 0.15) is 0 Å². The van der Waals surface area contributed by atoms with Crippen LogP contribution in [0.15, 0.2) is 23.8 Å². The van der Waals surface area contributed by atoms with Gasteiger partial charge in [0.15, 0.2) is 0 Å². The van der Waals surface area contributed by atoms with Crippen LogP contribution in [0.3, 0.4) is 0 Å². The molecule has 0 saturated heterocycles. The molecule has 6 atom stereocenters. The van der Waals surface area contributed by atoms with Crippen LogP contribution in [-0.2, 0) is 0 Å². The summed E-state index contributed by atoms with van der Waals surface area (Å²) >= 11 is 0.